The Kier molecular flexibility index (Phi) is 4.62. The van der Waals surface area contributed by atoms with Crippen molar-refractivity contribution < 1.29 is 9.32 Å². The lowest BCUT2D eigenvalue weighted by Gasteiger charge is -2.20. The number of rotatable bonds is 4. The zero-order valence-corrected chi connectivity index (χ0v) is 15.5. The minimum Gasteiger partial charge on any atom is -0.339 e. The standard InChI is InChI=1S/C21H22N4O2/c1-13-5-3-8-18(14(13)2)23-21(26)22-17-11-9-15(10-12-17)19-24-20(27-25-19)16-6-4-7-16/h3,5,8-12,16H,4,6-7H2,1-2H3,(H2,22,23,26). The van der Waals surface area contributed by atoms with Gasteiger partial charge in [0.1, 0.15) is 0 Å². The Labute approximate surface area is 158 Å². The van der Waals surface area contributed by atoms with Crippen LogP contribution >= 0.6 is 0 Å². The number of urea groups is 1. The first-order valence-corrected chi connectivity index (χ1v) is 9.18. The topological polar surface area (TPSA) is 80.0 Å². The summed E-state index contributed by atoms with van der Waals surface area (Å²) in [5.74, 6) is 1.73. The molecule has 27 heavy (non-hydrogen) atoms. The van der Waals surface area contributed by atoms with Gasteiger partial charge in [-0.2, -0.15) is 4.98 Å². The van der Waals surface area contributed by atoms with E-state index in [2.05, 4.69) is 20.8 Å². The third-order valence-electron chi connectivity index (χ3n) is 5.15. The summed E-state index contributed by atoms with van der Waals surface area (Å²) in [6, 6.07) is 13.0. The van der Waals surface area contributed by atoms with Crippen LogP contribution in [0.1, 0.15) is 42.2 Å². The largest absolute Gasteiger partial charge is 0.339 e. The minimum atomic E-state index is -0.275. The molecular weight excluding hydrogens is 340 g/mol. The van der Waals surface area contributed by atoms with Crippen LogP contribution in [-0.2, 0) is 0 Å². The molecule has 1 aromatic heterocycles. The van der Waals surface area contributed by atoms with Crippen molar-refractivity contribution in [1.29, 1.82) is 0 Å². The molecule has 0 spiro atoms. The summed E-state index contributed by atoms with van der Waals surface area (Å²) < 4.78 is 5.36. The fourth-order valence-electron chi connectivity index (χ4n) is 3.05. The Balaban J connectivity index is 1.40. The van der Waals surface area contributed by atoms with Gasteiger partial charge in [0, 0.05) is 22.9 Å². The second-order valence-electron chi connectivity index (χ2n) is 6.99. The van der Waals surface area contributed by atoms with Gasteiger partial charge >= 0.3 is 6.03 Å². The number of aryl methyl sites for hydroxylation is 1. The number of carbonyl (C=O) groups is 1. The first-order valence-electron chi connectivity index (χ1n) is 9.18. The Morgan fingerprint density at radius 3 is 2.56 bits per heavy atom. The first-order chi connectivity index (χ1) is 13.1. The minimum absolute atomic E-state index is 0.275. The van der Waals surface area contributed by atoms with Crippen LogP contribution in [0.3, 0.4) is 0 Å². The molecule has 1 aliphatic rings. The first kappa shape index (κ1) is 17.3. The Hall–Kier alpha value is -3.15. The van der Waals surface area contributed by atoms with E-state index >= 15 is 0 Å². The average molecular weight is 362 g/mol. The van der Waals surface area contributed by atoms with E-state index in [1.165, 1.54) is 6.42 Å². The van der Waals surface area contributed by atoms with Gasteiger partial charge in [-0.3, -0.25) is 0 Å². The molecule has 1 aliphatic carbocycles. The normalized spacial score (nSPS) is 13.9. The van der Waals surface area contributed by atoms with Crippen LogP contribution in [0.25, 0.3) is 11.4 Å². The number of anilines is 2. The molecule has 1 fully saturated rings. The van der Waals surface area contributed by atoms with E-state index in [0.717, 1.165) is 41.1 Å². The van der Waals surface area contributed by atoms with Gasteiger partial charge in [-0.25, -0.2) is 4.79 Å². The van der Waals surface area contributed by atoms with Crippen LogP contribution in [-0.4, -0.2) is 16.2 Å². The quantitative estimate of drug-likeness (QED) is 0.663. The molecule has 0 unspecified atom stereocenters. The summed E-state index contributed by atoms with van der Waals surface area (Å²) in [6.07, 6.45) is 3.48. The molecule has 0 radical (unpaired) electrons. The molecule has 4 rings (SSSR count). The fourth-order valence-corrected chi connectivity index (χ4v) is 3.05. The molecule has 0 atom stereocenters. The predicted molar refractivity (Wildman–Crippen MR) is 105 cm³/mol. The smallest absolute Gasteiger partial charge is 0.323 e. The van der Waals surface area contributed by atoms with Gasteiger partial charge in [0.25, 0.3) is 0 Å². The second-order valence-corrected chi connectivity index (χ2v) is 6.99. The van der Waals surface area contributed by atoms with Crippen molar-refractivity contribution in [2.45, 2.75) is 39.0 Å². The van der Waals surface area contributed by atoms with Crippen LogP contribution < -0.4 is 10.6 Å². The lowest BCUT2D eigenvalue weighted by atomic mass is 9.85. The SMILES string of the molecule is Cc1cccc(NC(=O)Nc2ccc(-c3noc(C4CCC4)n3)cc2)c1C. The molecule has 6 nitrogen and oxygen atoms in total. The summed E-state index contributed by atoms with van der Waals surface area (Å²) in [7, 11) is 0. The Morgan fingerprint density at radius 1 is 1.07 bits per heavy atom. The number of nitrogens with one attached hydrogen (secondary N) is 2. The summed E-state index contributed by atoms with van der Waals surface area (Å²) in [5, 5.41) is 9.80. The maximum atomic E-state index is 12.3. The van der Waals surface area contributed by atoms with E-state index in [1.807, 2.05) is 56.3 Å². The van der Waals surface area contributed by atoms with Crippen molar-refractivity contribution in [1.82, 2.24) is 10.1 Å². The second kappa shape index (κ2) is 7.23. The third-order valence-corrected chi connectivity index (χ3v) is 5.15. The molecule has 0 saturated heterocycles. The maximum Gasteiger partial charge on any atom is 0.323 e. The molecular formula is C21H22N4O2. The summed E-state index contributed by atoms with van der Waals surface area (Å²) in [4.78, 5) is 16.7. The van der Waals surface area contributed by atoms with E-state index in [-0.39, 0.29) is 6.03 Å². The molecule has 1 saturated carbocycles. The van der Waals surface area contributed by atoms with Crippen molar-refractivity contribution in [3.8, 4) is 11.4 Å². The lowest BCUT2D eigenvalue weighted by Crippen LogP contribution is -2.20. The van der Waals surface area contributed by atoms with Gasteiger partial charge in [0.05, 0.1) is 0 Å². The van der Waals surface area contributed by atoms with E-state index in [0.29, 0.717) is 17.4 Å². The van der Waals surface area contributed by atoms with Crippen molar-refractivity contribution in [2.24, 2.45) is 0 Å². The van der Waals surface area contributed by atoms with E-state index in [9.17, 15) is 4.79 Å². The van der Waals surface area contributed by atoms with Gasteiger partial charge in [-0.15, -0.1) is 0 Å². The van der Waals surface area contributed by atoms with Crippen molar-refractivity contribution in [3.05, 3.63) is 59.5 Å². The average Bonchev–Trinajstić information content (AvgIpc) is 3.07. The molecule has 3 aromatic rings. The molecule has 0 aliphatic heterocycles. The molecule has 0 bridgehead atoms. The number of hydrogen-bond acceptors (Lipinski definition) is 4. The number of aromatic nitrogens is 2. The van der Waals surface area contributed by atoms with Gasteiger partial charge < -0.3 is 15.2 Å². The van der Waals surface area contributed by atoms with Gasteiger partial charge in [-0.05, 0) is 68.1 Å². The molecule has 2 aromatic carbocycles. The fraction of sp³-hybridized carbons (Fsp3) is 0.286. The monoisotopic (exact) mass is 362 g/mol. The van der Waals surface area contributed by atoms with Crippen molar-refractivity contribution in [3.63, 3.8) is 0 Å². The van der Waals surface area contributed by atoms with Gasteiger partial charge in [0.15, 0.2) is 0 Å². The highest BCUT2D eigenvalue weighted by molar-refractivity contribution is 6.00. The number of nitrogens with zero attached hydrogens (tertiary/aromatic N) is 2. The molecule has 6 heteroatoms. The van der Waals surface area contributed by atoms with Crippen LogP contribution in [0.15, 0.2) is 47.0 Å². The van der Waals surface area contributed by atoms with Crippen LogP contribution in [0.2, 0.25) is 0 Å². The van der Waals surface area contributed by atoms with E-state index in [4.69, 9.17) is 4.52 Å². The van der Waals surface area contributed by atoms with E-state index in [1.54, 1.807) is 0 Å². The van der Waals surface area contributed by atoms with Crippen LogP contribution in [0, 0.1) is 13.8 Å². The highest BCUT2D eigenvalue weighted by atomic mass is 16.5. The van der Waals surface area contributed by atoms with E-state index < -0.39 is 0 Å². The Bertz CT molecular complexity index is 959. The van der Waals surface area contributed by atoms with Crippen molar-refractivity contribution >= 4 is 17.4 Å². The molecule has 2 amide bonds. The number of hydrogen-bond donors (Lipinski definition) is 2. The van der Waals surface area contributed by atoms with Gasteiger partial charge in [0.2, 0.25) is 11.7 Å². The Morgan fingerprint density at radius 2 is 1.85 bits per heavy atom. The summed E-state index contributed by atoms with van der Waals surface area (Å²) in [6.45, 7) is 4.01. The lowest BCUT2D eigenvalue weighted by molar-refractivity contribution is 0.262. The zero-order chi connectivity index (χ0) is 18.8. The molecule has 2 N–H and O–H groups in total. The highest BCUT2D eigenvalue weighted by Gasteiger charge is 2.25. The zero-order valence-electron chi connectivity index (χ0n) is 15.5. The maximum absolute atomic E-state index is 12.3. The number of benzene rings is 2. The van der Waals surface area contributed by atoms with Crippen molar-refractivity contribution in [2.75, 3.05) is 10.6 Å². The predicted octanol–water partition coefficient (Wildman–Crippen LogP) is 5.26. The van der Waals surface area contributed by atoms with Gasteiger partial charge in [-0.1, -0.05) is 23.7 Å². The number of carbonyl (C=O) groups excluding carboxylic acids is 1. The van der Waals surface area contributed by atoms with Crippen LogP contribution in [0.4, 0.5) is 16.2 Å². The number of amides is 2. The van der Waals surface area contributed by atoms with Crippen LogP contribution in [0.5, 0.6) is 0 Å². The molecule has 138 valence electrons. The third kappa shape index (κ3) is 3.69. The molecule has 1 heterocycles. The summed E-state index contributed by atoms with van der Waals surface area (Å²) in [5.41, 5.74) is 4.56. The highest BCUT2D eigenvalue weighted by Crippen LogP contribution is 2.36. The summed E-state index contributed by atoms with van der Waals surface area (Å²) >= 11 is 0.